The molecule has 37 heavy (non-hydrogen) atoms. The van der Waals surface area contributed by atoms with Crippen molar-refractivity contribution in [2.24, 2.45) is 0 Å². The van der Waals surface area contributed by atoms with E-state index in [1.54, 1.807) is 57.4 Å². The van der Waals surface area contributed by atoms with Crippen LogP contribution in [0.2, 0.25) is 0 Å². The molecular formula is C27H31N5O5. The van der Waals surface area contributed by atoms with E-state index in [1.165, 1.54) is 4.90 Å². The third-order valence-electron chi connectivity index (χ3n) is 6.42. The second kappa shape index (κ2) is 9.93. The van der Waals surface area contributed by atoms with E-state index in [9.17, 15) is 14.4 Å². The Balaban J connectivity index is 1.37. The molecule has 1 fully saturated rings. The predicted molar refractivity (Wildman–Crippen MR) is 135 cm³/mol. The maximum Gasteiger partial charge on any atom is 0.407 e. The van der Waals surface area contributed by atoms with E-state index in [1.807, 2.05) is 10.7 Å². The van der Waals surface area contributed by atoms with Crippen LogP contribution in [0, 0.1) is 0 Å². The Morgan fingerprint density at radius 2 is 1.89 bits per heavy atom. The highest BCUT2D eigenvalue weighted by Crippen LogP contribution is 2.27. The Bertz CT molecular complexity index is 1300. The molecule has 0 saturated carbocycles. The summed E-state index contributed by atoms with van der Waals surface area (Å²) in [6.07, 6.45) is 6.13. The summed E-state index contributed by atoms with van der Waals surface area (Å²) in [4.78, 5) is 44.3. The summed E-state index contributed by atoms with van der Waals surface area (Å²) in [5.74, 6) is -0.762. The third-order valence-corrected chi connectivity index (χ3v) is 6.42. The summed E-state index contributed by atoms with van der Waals surface area (Å²) in [7, 11) is 0. The van der Waals surface area contributed by atoms with Gasteiger partial charge in [-0.05, 0) is 58.2 Å². The fraction of sp³-hybridized carbons (Fsp3) is 0.444. The lowest BCUT2D eigenvalue weighted by atomic mass is 10.1. The zero-order valence-corrected chi connectivity index (χ0v) is 21.3. The van der Waals surface area contributed by atoms with Gasteiger partial charge in [0.15, 0.2) is 6.23 Å². The molecule has 3 aromatic rings. The number of aromatic nitrogens is 3. The second-order valence-corrected chi connectivity index (χ2v) is 10.5. The quantitative estimate of drug-likeness (QED) is 0.506. The molecule has 3 amide bonds. The van der Waals surface area contributed by atoms with Crippen LogP contribution in [0.1, 0.15) is 72.7 Å². The van der Waals surface area contributed by atoms with Crippen molar-refractivity contribution < 1.29 is 23.9 Å². The molecule has 1 N–H and O–H groups in total. The number of hydrogen-bond acceptors (Lipinski definition) is 7. The molecule has 2 atom stereocenters. The van der Waals surface area contributed by atoms with Crippen molar-refractivity contribution in [3.8, 4) is 0 Å². The van der Waals surface area contributed by atoms with Gasteiger partial charge in [0, 0.05) is 24.1 Å². The Labute approximate surface area is 214 Å². The SMILES string of the molecule is CC(C)(C)OC(=O)N[C@@H](Cc1cc2cnn(C3CCCCO3)c2cn1)CN1C(=O)c2ccccc2C1=O. The number of pyridine rings is 1. The Morgan fingerprint density at radius 1 is 1.16 bits per heavy atom. The molecule has 1 saturated heterocycles. The summed E-state index contributed by atoms with van der Waals surface area (Å²) in [5.41, 5.74) is 1.58. The number of nitrogens with one attached hydrogen (secondary N) is 1. The van der Waals surface area contributed by atoms with Crippen LogP contribution >= 0.6 is 0 Å². The van der Waals surface area contributed by atoms with Crippen molar-refractivity contribution in [3.05, 3.63) is 59.5 Å². The maximum absolute atomic E-state index is 13.0. The number of hydrogen-bond donors (Lipinski definition) is 1. The fourth-order valence-corrected chi connectivity index (χ4v) is 4.76. The van der Waals surface area contributed by atoms with Crippen LogP contribution in [0.5, 0.6) is 0 Å². The van der Waals surface area contributed by atoms with Crippen molar-refractivity contribution in [2.45, 2.75) is 64.3 Å². The maximum atomic E-state index is 13.0. The first-order chi connectivity index (χ1) is 17.7. The highest BCUT2D eigenvalue weighted by atomic mass is 16.6. The topological polar surface area (TPSA) is 116 Å². The van der Waals surface area contributed by atoms with E-state index >= 15 is 0 Å². The first-order valence-corrected chi connectivity index (χ1v) is 12.6. The van der Waals surface area contributed by atoms with Gasteiger partial charge in [-0.25, -0.2) is 9.48 Å². The molecule has 1 aromatic carbocycles. The molecule has 0 aliphatic carbocycles. The predicted octanol–water partition coefficient (Wildman–Crippen LogP) is 3.86. The van der Waals surface area contributed by atoms with Crippen LogP contribution in [0.15, 0.2) is 42.7 Å². The number of carbonyl (C=O) groups excluding carboxylic acids is 3. The third kappa shape index (κ3) is 5.34. The van der Waals surface area contributed by atoms with Crippen molar-refractivity contribution in [3.63, 3.8) is 0 Å². The zero-order valence-electron chi connectivity index (χ0n) is 21.3. The molecule has 10 nitrogen and oxygen atoms in total. The summed E-state index contributed by atoms with van der Waals surface area (Å²) in [5, 5.41) is 8.25. The number of carbonyl (C=O) groups is 3. The van der Waals surface area contributed by atoms with E-state index in [0.29, 0.717) is 23.4 Å². The van der Waals surface area contributed by atoms with Gasteiger partial charge in [0.2, 0.25) is 0 Å². The van der Waals surface area contributed by atoms with Gasteiger partial charge < -0.3 is 14.8 Å². The number of nitrogens with zero attached hydrogens (tertiary/aromatic N) is 4. The molecule has 2 aromatic heterocycles. The van der Waals surface area contributed by atoms with E-state index in [0.717, 1.165) is 30.2 Å². The first-order valence-electron chi connectivity index (χ1n) is 12.6. The molecule has 1 unspecified atom stereocenters. The number of fused-ring (bicyclic) bond motifs is 2. The van der Waals surface area contributed by atoms with Gasteiger partial charge in [-0.15, -0.1) is 0 Å². The Hall–Kier alpha value is -3.79. The first kappa shape index (κ1) is 24.9. The van der Waals surface area contributed by atoms with Crippen molar-refractivity contribution in [2.75, 3.05) is 13.2 Å². The van der Waals surface area contributed by atoms with Gasteiger partial charge in [-0.2, -0.15) is 5.10 Å². The highest BCUT2D eigenvalue weighted by Gasteiger charge is 2.37. The zero-order chi connectivity index (χ0) is 26.2. The number of imide groups is 1. The van der Waals surface area contributed by atoms with Crippen LogP contribution in [0.25, 0.3) is 10.9 Å². The fourth-order valence-electron chi connectivity index (χ4n) is 4.76. The smallest absolute Gasteiger partial charge is 0.407 e. The van der Waals surface area contributed by atoms with E-state index in [-0.39, 0.29) is 31.0 Å². The Morgan fingerprint density at radius 3 is 2.54 bits per heavy atom. The minimum atomic E-state index is -0.697. The lowest BCUT2D eigenvalue weighted by Gasteiger charge is -2.26. The number of alkyl carbamates (subject to hydrolysis) is 1. The molecule has 10 heteroatoms. The van der Waals surface area contributed by atoms with Crippen LogP contribution in [0.3, 0.4) is 0 Å². The van der Waals surface area contributed by atoms with Gasteiger partial charge in [-0.3, -0.25) is 19.5 Å². The Kier molecular flexibility index (Phi) is 6.68. The van der Waals surface area contributed by atoms with E-state index in [4.69, 9.17) is 9.47 Å². The van der Waals surface area contributed by atoms with Gasteiger partial charge in [0.1, 0.15) is 5.60 Å². The lowest BCUT2D eigenvalue weighted by molar-refractivity contribution is -0.0367. The normalized spacial score (nSPS) is 18.7. The summed E-state index contributed by atoms with van der Waals surface area (Å²) in [6, 6.07) is 8.01. The molecule has 0 spiro atoms. The summed E-state index contributed by atoms with van der Waals surface area (Å²) < 4.78 is 13.2. The van der Waals surface area contributed by atoms with Crippen molar-refractivity contribution >= 4 is 28.8 Å². The standard InChI is InChI=1S/C27H31N5O5/c1-27(2,3)37-26(35)30-19(16-31-24(33)20-8-4-5-9-21(20)25(31)34)13-18-12-17-14-29-32(22(17)15-28-18)23-10-6-7-11-36-23/h4-5,8-9,12,14-15,19,23H,6-7,10-11,13,16H2,1-3H3,(H,30,35)/t19-,23?/m0/s1. The number of ether oxygens (including phenoxy) is 2. The van der Waals surface area contributed by atoms with Gasteiger partial charge in [0.05, 0.1) is 41.6 Å². The molecule has 5 rings (SSSR count). The molecule has 2 aliphatic heterocycles. The average Bonchev–Trinajstić information content (AvgIpc) is 3.38. The monoisotopic (exact) mass is 505 g/mol. The van der Waals surface area contributed by atoms with Crippen LogP contribution in [-0.2, 0) is 15.9 Å². The van der Waals surface area contributed by atoms with Crippen LogP contribution in [0.4, 0.5) is 4.79 Å². The van der Waals surface area contributed by atoms with Gasteiger partial charge in [-0.1, -0.05) is 12.1 Å². The summed E-state index contributed by atoms with van der Waals surface area (Å²) in [6.45, 7) is 6.02. The van der Waals surface area contributed by atoms with E-state index < -0.39 is 17.7 Å². The van der Waals surface area contributed by atoms with Gasteiger partial charge in [0.25, 0.3) is 11.8 Å². The molecule has 4 heterocycles. The van der Waals surface area contributed by atoms with Crippen LogP contribution in [-0.4, -0.2) is 62.4 Å². The minimum absolute atomic E-state index is 0.0134. The van der Waals surface area contributed by atoms with E-state index in [2.05, 4.69) is 15.4 Å². The largest absolute Gasteiger partial charge is 0.444 e. The molecular weight excluding hydrogens is 474 g/mol. The number of amides is 3. The minimum Gasteiger partial charge on any atom is -0.444 e. The highest BCUT2D eigenvalue weighted by molar-refractivity contribution is 6.21. The molecule has 0 bridgehead atoms. The number of rotatable bonds is 6. The van der Waals surface area contributed by atoms with Gasteiger partial charge >= 0.3 is 6.09 Å². The molecule has 194 valence electrons. The second-order valence-electron chi connectivity index (χ2n) is 10.5. The lowest BCUT2D eigenvalue weighted by Crippen LogP contribution is -2.48. The van der Waals surface area contributed by atoms with Crippen molar-refractivity contribution in [1.29, 1.82) is 0 Å². The average molecular weight is 506 g/mol. The van der Waals surface area contributed by atoms with Crippen molar-refractivity contribution in [1.82, 2.24) is 25.0 Å². The molecule has 0 radical (unpaired) electrons. The van der Waals surface area contributed by atoms with Crippen LogP contribution < -0.4 is 5.32 Å². The summed E-state index contributed by atoms with van der Waals surface area (Å²) >= 11 is 0. The molecule has 2 aliphatic rings. The number of benzene rings is 1.